The molecule has 29 heavy (non-hydrogen) atoms. The number of hydrogen-bond acceptors (Lipinski definition) is 5. The molecule has 7 heteroatoms. The van der Waals surface area contributed by atoms with Crippen molar-refractivity contribution in [1.82, 2.24) is 14.8 Å². The lowest BCUT2D eigenvalue weighted by atomic mass is 9.98. The summed E-state index contributed by atoms with van der Waals surface area (Å²) in [5, 5.41) is 11.4. The second-order valence-corrected chi connectivity index (χ2v) is 7.22. The van der Waals surface area contributed by atoms with Gasteiger partial charge in [0.25, 0.3) is 11.7 Å². The van der Waals surface area contributed by atoms with Crippen molar-refractivity contribution in [3.8, 4) is 0 Å². The third-order valence-corrected chi connectivity index (χ3v) is 5.43. The Morgan fingerprint density at radius 1 is 1.14 bits per heavy atom. The largest absolute Gasteiger partial charge is 0.507 e. The minimum Gasteiger partial charge on any atom is -0.507 e. The average molecular weight is 414 g/mol. The van der Waals surface area contributed by atoms with Gasteiger partial charge in [-0.1, -0.05) is 31.5 Å². The van der Waals surface area contributed by atoms with Gasteiger partial charge in [0.05, 0.1) is 11.3 Å². The lowest BCUT2D eigenvalue weighted by Gasteiger charge is -2.27. The predicted molar refractivity (Wildman–Crippen MR) is 112 cm³/mol. The molecule has 0 aliphatic carbocycles. The Kier molecular flexibility index (Phi) is 6.67. The van der Waals surface area contributed by atoms with Gasteiger partial charge in [0, 0.05) is 29.9 Å². The van der Waals surface area contributed by atoms with Crippen molar-refractivity contribution < 1.29 is 14.7 Å². The summed E-state index contributed by atoms with van der Waals surface area (Å²) in [6.07, 6.45) is 1.61. The van der Waals surface area contributed by atoms with Gasteiger partial charge in [0.1, 0.15) is 11.8 Å². The number of Topliss-reactive ketones (excluding diaryl/α,β-unsaturated/α-hetero) is 1. The molecule has 0 radical (unpaired) electrons. The maximum atomic E-state index is 12.9. The summed E-state index contributed by atoms with van der Waals surface area (Å²) < 4.78 is 0. The van der Waals surface area contributed by atoms with Crippen LogP contribution in [0.1, 0.15) is 31.1 Å². The highest BCUT2D eigenvalue weighted by Gasteiger charge is 2.46. The quantitative estimate of drug-likeness (QED) is 0.427. The second-order valence-electron chi connectivity index (χ2n) is 6.78. The van der Waals surface area contributed by atoms with Gasteiger partial charge in [-0.05, 0) is 49.5 Å². The molecule has 1 aliphatic heterocycles. The van der Waals surface area contributed by atoms with Crippen molar-refractivity contribution in [2.24, 2.45) is 0 Å². The number of benzene rings is 1. The molecule has 1 fully saturated rings. The summed E-state index contributed by atoms with van der Waals surface area (Å²) in [6, 6.07) is 11.1. The number of aliphatic hydroxyl groups is 1. The number of aliphatic hydroxyl groups excluding tert-OH is 1. The Morgan fingerprint density at radius 2 is 1.83 bits per heavy atom. The summed E-state index contributed by atoms with van der Waals surface area (Å²) >= 11 is 5.93. The number of rotatable bonds is 7. The van der Waals surface area contributed by atoms with E-state index in [1.54, 1.807) is 48.7 Å². The highest BCUT2D eigenvalue weighted by molar-refractivity contribution is 6.46. The van der Waals surface area contributed by atoms with E-state index in [0.717, 1.165) is 13.1 Å². The van der Waals surface area contributed by atoms with Gasteiger partial charge in [0.15, 0.2) is 0 Å². The standard InChI is InChI=1S/C22H24ClN3O3/c1-3-25(4-2)13-14-26-19(17-7-5-6-12-24-17)18(21(28)22(26)29)20(27)15-8-10-16(23)11-9-15/h5-12,19,27H,3-4,13-14H2,1-2H3/t19-/m1/s1. The van der Waals surface area contributed by atoms with E-state index in [-0.39, 0.29) is 11.3 Å². The van der Waals surface area contributed by atoms with Crippen molar-refractivity contribution in [3.05, 3.63) is 70.5 Å². The van der Waals surface area contributed by atoms with Crippen molar-refractivity contribution >= 4 is 29.1 Å². The van der Waals surface area contributed by atoms with Crippen LogP contribution in [0.5, 0.6) is 0 Å². The van der Waals surface area contributed by atoms with Crippen LogP contribution in [-0.2, 0) is 9.59 Å². The van der Waals surface area contributed by atoms with Gasteiger partial charge in [-0.3, -0.25) is 14.6 Å². The molecule has 0 unspecified atom stereocenters. The molecule has 1 aliphatic rings. The molecule has 1 N–H and O–H groups in total. The number of aromatic nitrogens is 1. The third kappa shape index (κ3) is 4.33. The Balaban J connectivity index is 2.06. The first kappa shape index (κ1) is 21.0. The monoisotopic (exact) mass is 413 g/mol. The van der Waals surface area contributed by atoms with Gasteiger partial charge in [-0.25, -0.2) is 0 Å². The summed E-state index contributed by atoms with van der Waals surface area (Å²) in [4.78, 5) is 33.8. The van der Waals surface area contributed by atoms with Crippen LogP contribution in [-0.4, -0.2) is 57.8 Å². The molecule has 152 valence electrons. The molecule has 1 atom stereocenters. The number of likely N-dealkylation sites (N-methyl/N-ethyl adjacent to an activating group) is 1. The molecule has 1 aromatic heterocycles. The highest BCUT2D eigenvalue weighted by atomic mass is 35.5. The number of nitrogens with zero attached hydrogens (tertiary/aromatic N) is 3. The topological polar surface area (TPSA) is 73.7 Å². The van der Waals surface area contributed by atoms with Crippen LogP contribution in [0.25, 0.3) is 5.76 Å². The maximum Gasteiger partial charge on any atom is 0.295 e. The average Bonchev–Trinajstić information content (AvgIpc) is 3.00. The Morgan fingerprint density at radius 3 is 2.41 bits per heavy atom. The zero-order valence-corrected chi connectivity index (χ0v) is 17.3. The molecule has 6 nitrogen and oxygen atoms in total. The van der Waals surface area contributed by atoms with Gasteiger partial charge >= 0.3 is 0 Å². The normalized spacial score (nSPS) is 18.6. The number of hydrogen-bond donors (Lipinski definition) is 1. The molecule has 3 rings (SSSR count). The van der Waals surface area contributed by atoms with Crippen LogP contribution in [0.2, 0.25) is 5.02 Å². The summed E-state index contributed by atoms with van der Waals surface area (Å²) in [5.41, 5.74) is 1.02. The van der Waals surface area contributed by atoms with Crippen molar-refractivity contribution in [1.29, 1.82) is 0 Å². The molecule has 1 amide bonds. The fourth-order valence-electron chi connectivity index (χ4n) is 3.51. The number of ketones is 1. The minimum atomic E-state index is -0.734. The lowest BCUT2D eigenvalue weighted by molar-refractivity contribution is -0.140. The van der Waals surface area contributed by atoms with Crippen LogP contribution in [0.4, 0.5) is 0 Å². The van der Waals surface area contributed by atoms with E-state index in [1.807, 2.05) is 13.8 Å². The molecule has 1 saturated heterocycles. The van der Waals surface area contributed by atoms with Crippen LogP contribution in [0.15, 0.2) is 54.2 Å². The number of likely N-dealkylation sites (tertiary alicyclic amines) is 1. The van der Waals surface area contributed by atoms with E-state index in [9.17, 15) is 14.7 Å². The smallest absolute Gasteiger partial charge is 0.295 e. The molecule has 0 spiro atoms. The fraction of sp³-hybridized carbons (Fsp3) is 0.318. The highest BCUT2D eigenvalue weighted by Crippen LogP contribution is 2.38. The fourth-order valence-corrected chi connectivity index (χ4v) is 3.63. The summed E-state index contributed by atoms with van der Waals surface area (Å²) in [7, 11) is 0. The maximum absolute atomic E-state index is 12.9. The van der Waals surface area contributed by atoms with Crippen molar-refractivity contribution in [2.45, 2.75) is 19.9 Å². The van der Waals surface area contributed by atoms with E-state index in [1.165, 1.54) is 4.90 Å². The first-order valence-electron chi connectivity index (χ1n) is 9.65. The van der Waals surface area contributed by atoms with Gasteiger partial charge in [-0.2, -0.15) is 0 Å². The van der Waals surface area contributed by atoms with E-state index in [4.69, 9.17) is 11.6 Å². The molecule has 0 saturated carbocycles. The van der Waals surface area contributed by atoms with E-state index < -0.39 is 17.7 Å². The Labute approximate surface area is 175 Å². The number of amides is 1. The number of carbonyl (C=O) groups excluding carboxylic acids is 2. The molecular weight excluding hydrogens is 390 g/mol. The van der Waals surface area contributed by atoms with Gasteiger partial charge in [0.2, 0.25) is 0 Å². The summed E-state index contributed by atoms with van der Waals surface area (Å²) in [6.45, 7) is 6.79. The molecular formula is C22H24ClN3O3. The van der Waals surface area contributed by atoms with E-state index >= 15 is 0 Å². The molecule has 2 heterocycles. The predicted octanol–water partition coefficient (Wildman–Crippen LogP) is 3.50. The third-order valence-electron chi connectivity index (χ3n) is 5.18. The van der Waals surface area contributed by atoms with Crippen LogP contribution < -0.4 is 0 Å². The zero-order valence-electron chi connectivity index (χ0n) is 16.5. The minimum absolute atomic E-state index is 0.0515. The first-order chi connectivity index (χ1) is 14.0. The molecule has 2 aromatic rings. The number of carbonyl (C=O) groups is 2. The Bertz CT molecular complexity index is 909. The number of pyridine rings is 1. The Hall–Kier alpha value is -2.70. The molecule has 0 bridgehead atoms. The van der Waals surface area contributed by atoms with Crippen molar-refractivity contribution in [2.75, 3.05) is 26.2 Å². The first-order valence-corrected chi connectivity index (χ1v) is 10.0. The second kappa shape index (κ2) is 9.20. The SMILES string of the molecule is CCN(CC)CCN1C(=O)C(=O)C(=C(O)c2ccc(Cl)cc2)[C@H]1c1ccccn1. The number of halogens is 1. The van der Waals surface area contributed by atoms with E-state index in [2.05, 4.69) is 9.88 Å². The van der Waals surface area contributed by atoms with Crippen LogP contribution in [0.3, 0.4) is 0 Å². The molecule has 1 aromatic carbocycles. The lowest BCUT2D eigenvalue weighted by Crippen LogP contribution is -2.38. The van der Waals surface area contributed by atoms with Crippen molar-refractivity contribution in [3.63, 3.8) is 0 Å². The zero-order chi connectivity index (χ0) is 21.0. The van der Waals surface area contributed by atoms with Gasteiger partial charge in [-0.15, -0.1) is 0 Å². The van der Waals surface area contributed by atoms with Gasteiger partial charge < -0.3 is 14.9 Å². The van der Waals surface area contributed by atoms with Crippen LogP contribution >= 0.6 is 11.6 Å². The van der Waals surface area contributed by atoms with Crippen LogP contribution in [0, 0.1) is 0 Å². The summed E-state index contributed by atoms with van der Waals surface area (Å²) in [5.74, 6) is -1.54. The van der Waals surface area contributed by atoms with E-state index in [0.29, 0.717) is 29.4 Å².